The number of rotatable bonds is 5. The highest BCUT2D eigenvalue weighted by Crippen LogP contribution is 2.21. The van der Waals surface area contributed by atoms with Gasteiger partial charge in [-0.05, 0) is 37.1 Å². The van der Waals surface area contributed by atoms with Gasteiger partial charge in [0.25, 0.3) is 0 Å². The van der Waals surface area contributed by atoms with Crippen LogP contribution >= 0.6 is 12.2 Å². The van der Waals surface area contributed by atoms with E-state index in [2.05, 4.69) is 35.5 Å². The van der Waals surface area contributed by atoms with Gasteiger partial charge in [0.05, 0.1) is 16.0 Å². The maximum absolute atomic E-state index is 5.60. The SMILES string of the molecule is COCc1nc2cc(C)c(C)cc2n1CCC(N)=S. The summed E-state index contributed by atoms with van der Waals surface area (Å²) in [6.45, 7) is 5.44. The highest BCUT2D eigenvalue weighted by atomic mass is 32.1. The first-order valence-electron chi connectivity index (χ1n) is 6.26. The fraction of sp³-hybridized carbons (Fsp3) is 0.429. The van der Waals surface area contributed by atoms with Crippen LogP contribution in [-0.2, 0) is 17.9 Å². The van der Waals surface area contributed by atoms with Crippen molar-refractivity contribution in [2.45, 2.75) is 33.4 Å². The van der Waals surface area contributed by atoms with Crippen molar-refractivity contribution >= 4 is 28.2 Å². The van der Waals surface area contributed by atoms with Crippen molar-refractivity contribution in [1.82, 2.24) is 9.55 Å². The van der Waals surface area contributed by atoms with Crippen molar-refractivity contribution in [3.05, 3.63) is 29.1 Å². The monoisotopic (exact) mass is 277 g/mol. The fourth-order valence-corrected chi connectivity index (χ4v) is 2.23. The van der Waals surface area contributed by atoms with Crippen molar-refractivity contribution in [3.8, 4) is 0 Å². The smallest absolute Gasteiger partial charge is 0.135 e. The Bertz CT molecular complexity index is 619. The van der Waals surface area contributed by atoms with E-state index in [1.165, 1.54) is 11.1 Å². The van der Waals surface area contributed by atoms with Gasteiger partial charge < -0.3 is 15.0 Å². The van der Waals surface area contributed by atoms with Gasteiger partial charge in [-0.3, -0.25) is 0 Å². The molecule has 0 aliphatic rings. The number of nitrogens with two attached hydrogens (primary N) is 1. The van der Waals surface area contributed by atoms with Crippen molar-refractivity contribution in [2.24, 2.45) is 5.73 Å². The van der Waals surface area contributed by atoms with Gasteiger partial charge in [-0.15, -0.1) is 0 Å². The summed E-state index contributed by atoms with van der Waals surface area (Å²) >= 11 is 4.96. The van der Waals surface area contributed by atoms with E-state index in [4.69, 9.17) is 22.7 Å². The van der Waals surface area contributed by atoms with Crippen molar-refractivity contribution in [3.63, 3.8) is 0 Å². The minimum Gasteiger partial charge on any atom is -0.393 e. The average molecular weight is 277 g/mol. The summed E-state index contributed by atoms with van der Waals surface area (Å²) in [5.41, 5.74) is 10.2. The van der Waals surface area contributed by atoms with Crippen LogP contribution in [0.3, 0.4) is 0 Å². The predicted octanol–water partition coefficient (Wildman–Crippen LogP) is 2.48. The van der Waals surface area contributed by atoms with Crippen LogP contribution < -0.4 is 5.73 Å². The topological polar surface area (TPSA) is 53.1 Å². The molecule has 2 rings (SSSR count). The van der Waals surface area contributed by atoms with Gasteiger partial charge >= 0.3 is 0 Å². The normalized spacial score (nSPS) is 11.1. The third-order valence-electron chi connectivity index (χ3n) is 3.30. The Labute approximate surface area is 118 Å². The molecule has 0 amide bonds. The molecular formula is C14H19N3OS. The van der Waals surface area contributed by atoms with Crippen LogP contribution in [0.1, 0.15) is 23.4 Å². The van der Waals surface area contributed by atoms with E-state index in [1.807, 2.05) is 0 Å². The molecular weight excluding hydrogens is 258 g/mol. The lowest BCUT2D eigenvalue weighted by molar-refractivity contribution is 0.175. The van der Waals surface area contributed by atoms with E-state index >= 15 is 0 Å². The second-order valence-electron chi connectivity index (χ2n) is 4.75. The summed E-state index contributed by atoms with van der Waals surface area (Å²) in [4.78, 5) is 5.16. The quantitative estimate of drug-likeness (QED) is 0.853. The third-order valence-corrected chi connectivity index (χ3v) is 3.50. The predicted molar refractivity (Wildman–Crippen MR) is 81.3 cm³/mol. The maximum atomic E-state index is 5.60. The van der Waals surface area contributed by atoms with E-state index < -0.39 is 0 Å². The Morgan fingerprint density at radius 2 is 2.05 bits per heavy atom. The fourth-order valence-electron chi connectivity index (χ4n) is 2.14. The Morgan fingerprint density at radius 1 is 1.37 bits per heavy atom. The number of thiocarbonyl (C=S) groups is 1. The number of aromatic nitrogens is 2. The van der Waals surface area contributed by atoms with E-state index in [-0.39, 0.29) is 0 Å². The number of hydrogen-bond acceptors (Lipinski definition) is 3. The van der Waals surface area contributed by atoms with Gasteiger partial charge in [0.2, 0.25) is 0 Å². The van der Waals surface area contributed by atoms with Crippen LogP contribution in [0.2, 0.25) is 0 Å². The van der Waals surface area contributed by atoms with Crippen LogP contribution in [0, 0.1) is 13.8 Å². The molecule has 102 valence electrons. The van der Waals surface area contributed by atoms with E-state index in [9.17, 15) is 0 Å². The molecule has 0 aliphatic carbocycles. The Kier molecular flexibility index (Phi) is 4.17. The lowest BCUT2D eigenvalue weighted by atomic mass is 10.1. The van der Waals surface area contributed by atoms with Crippen molar-refractivity contribution in [1.29, 1.82) is 0 Å². The van der Waals surface area contributed by atoms with E-state index in [0.717, 1.165) is 23.4 Å². The molecule has 0 spiro atoms. The van der Waals surface area contributed by atoms with Gasteiger partial charge in [0.15, 0.2) is 0 Å². The first-order chi connectivity index (χ1) is 9.02. The number of methoxy groups -OCH3 is 1. The molecule has 4 nitrogen and oxygen atoms in total. The average Bonchev–Trinajstić information content (AvgIpc) is 2.65. The van der Waals surface area contributed by atoms with Gasteiger partial charge in [-0.1, -0.05) is 12.2 Å². The minimum absolute atomic E-state index is 0.490. The summed E-state index contributed by atoms with van der Waals surface area (Å²) in [5, 5.41) is 0. The molecule has 1 heterocycles. The summed E-state index contributed by atoms with van der Waals surface area (Å²) in [5.74, 6) is 0.916. The summed E-state index contributed by atoms with van der Waals surface area (Å²) in [7, 11) is 1.67. The van der Waals surface area contributed by atoms with Crippen LogP contribution in [0.5, 0.6) is 0 Å². The van der Waals surface area contributed by atoms with Crippen LogP contribution in [0.4, 0.5) is 0 Å². The van der Waals surface area contributed by atoms with Crippen molar-refractivity contribution < 1.29 is 4.74 Å². The Balaban J connectivity index is 2.51. The zero-order valence-corrected chi connectivity index (χ0v) is 12.4. The lowest BCUT2D eigenvalue weighted by Crippen LogP contribution is -2.13. The summed E-state index contributed by atoms with van der Waals surface area (Å²) in [6.07, 6.45) is 0.671. The standard InChI is InChI=1S/C14H19N3OS/c1-9-6-11-12(7-10(9)2)17(5-4-13(15)19)14(16-11)8-18-3/h6-7H,4-5,8H2,1-3H3,(H2,15,19). The lowest BCUT2D eigenvalue weighted by Gasteiger charge is -2.09. The molecule has 1 aromatic carbocycles. The minimum atomic E-state index is 0.490. The van der Waals surface area contributed by atoms with E-state index in [1.54, 1.807) is 7.11 Å². The molecule has 0 atom stereocenters. The largest absolute Gasteiger partial charge is 0.393 e. The van der Waals surface area contributed by atoms with Gasteiger partial charge in [-0.2, -0.15) is 0 Å². The molecule has 0 aliphatic heterocycles. The molecule has 19 heavy (non-hydrogen) atoms. The second kappa shape index (κ2) is 5.67. The number of hydrogen-bond donors (Lipinski definition) is 1. The number of aryl methyl sites for hydroxylation is 3. The summed E-state index contributed by atoms with van der Waals surface area (Å²) < 4.78 is 7.36. The molecule has 1 aromatic heterocycles. The first kappa shape index (κ1) is 14.0. The molecule has 2 aromatic rings. The summed E-state index contributed by atoms with van der Waals surface area (Å²) in [6, 6.07) is 4.28. The van der Waals surface area contributed by atoms with Crippen LogP contribution in [0.15, 0.2) is 12.1 Å². The Morgan fingerprint density at radius 3 is 2.68 bits per heavy atom. The number of imidazole rings is 1. The molecule has 0 fully saturated rings. The zero-order chi connectivity index (χ0) is 14.0. The van der Waals surface area contributed by atoms with E-state index in [0.29, 0.717) is 18.0 Å². The highest BCUT2D eigenvalue weighted by Gasteiger charge is 2.12. The number of ether oxygens (including phenoxy) is 1. The van der Waals surface area contributed by atoms with Gasteiger partial charge in [-0.25, -0.2) is 4.98 Å². The first-order valence-corrected chi connectivity index (χ1v) is 6.67. The number of fused-ring (bicyclic) bond motifs is 1. The van der Waals surface area contributed by atoms with Crippen LogP contribution in [0.25, 0.3) is 11.0 Å². The molecule has 0 radical (unpaired) electrons. The molecule has 0 saturated heterocycles. The molecule has 0 bridgehead atoms. The maximum Gasteiger partial charge on any atom is 0.135 e. The van der Waals surface area contributed by atoms with Crippen LogP contribution in [-0.4, -0.2) is 21.6 Å². The second-order valence-corrected chi connectivity index (χ2v) is 5.28. The van der Waals surface area contributed by atoms with Crippen molar-refractivity contribution in [2.75, 3.05) is 7.11 Å². The third kappa shape index (κ3) is 2.93. The molecule has 5 heteroatoms. The van der Waals surface area contributed by atoms with Gasteiger partial charge in [0, 0.05) is 20.1 Å². The molecule has 0 unspecified atom stereocenters. The molecule has 0 saturated carbocycles. The zero-order valence-electron chi connectivity index (χ0n) is 11.6. The molecule has 2 N–H and O–H groups in total. The number of nitrogens with zero attached hydrogens (tertiary/aromatic N) is 2. The Hall–Kier alpha value is -1.46. The number of benzene rings is 1. The van der Waals surface area contributed by atoms with Gasteiger partial charge in [0.1, 0.15) is 12.4 Å². The highest BCUT2D eigenvalue weighted by molar-refractivity contribution is 7.80.